The highest BCUT2D eigenvalue weighted by molar-refractivity contribution is 8.03. The Hall–Kier alpha value is -1.17. The van der Waals surface area contributed by atoms with Gasteiger partial charge in [-0.1, -0.05) is 18.2 Å². The van der Waals surface area contributed by atoms with Gasteiger partial charge in [-0.15, -0.1) is 10.2 Å². The second-order valence-corrected chi connectivity index (χ2v) is 5.62. The normalized spacial score (nSPS) is 16.0. The Balaban J connectivity index is 0.000000232. The molecule has 19 heavy (non-hydrogen) atoms. The Labute approximate surface area is 117 Å². The Morgan fingerprint density at radius 1 is 1.11 bits per heavy atom. The van der Waals surface area contributed by atoms with Gasteiger partial charge < -0.3 is 0 Å². The van der Waals surface area contributed by atoms with Crippen LogP contribution >= 0.6 is 11.8 Å². The average molecular weight is 297 g/mol. The van der Waals surface area contributed by atoms with Gasteiger partial charge in [-0.05, 0) is 23.4 Å². The number of allylic oxidation sites excluding steroid dienone is 5. The van der Waals surface area contributed by atoms with E-state index in [9.17, 15) is 0 Å². The molecule has 0 unspecified atom stereocenters. The third-order valence-electron chi connectivity index (χ3n) is 2.46. The summed E-state index contributed by atoms with van der Waals surface area (Å²) >= 11 is 1.85. The van der Waals surface area contributed by atoms with Crippen molar-refractivity contribution in [3.05, 3.63) is 64.6 Å². The van der Waals surface area contributed by atoms with Crippen molar-refractivity contribution in [1.29, 1.82) is 0 Å². The third-order valence-corrected chi connectivity index (χ3v) is 3.68. The molecule has 1 heterocycles. The lowest BCUT2D eigenvalue weighted by Gasteiger charge is -2.17. The smallest absolute Gasteiger partial charge is 0.135 e. The molecule has 98 valence electrons. The monoisotopic (exact) mass is 296 g/mol. The summed E-state index contributed by atoms with van der Waals surface area (Å²) in [4.78, 5) is 2.74. The quantitative estimate of drug-likeness (QED) is 0.559. The van der Waals surface area contributed by atoms with Crippen LogP contribution in [0.5, 0.6) is 0 Å². The predicted octanol–water partition coefficient (Wildman–Crippen LogP) is -1.24. The first kappa shape index (κ1) is 14.2. The van der Waals surface area contributed by atoms with Crippen molar-refractivity contribution in [1.82, 2.24) is 0 Å². The van der Waals surface area contributed by atoms with E-state index in [0.29, 0.717) is 0 Å². The molecule has 6 heteroatoms. The summed E-state index contributed by atoms with van der Waals surface area (Å²) in [6, 6.07) is 8.60. The fourth-order valence-electron chi connectivity index (χ4n) is 1.75. The second-order valence-electron chi connectivity index (χ2n) is 3.78. The van der Waals surface area contributed by atoms with Gasteiger partial charge in [0.1, 0.15) is 16.6 Å². The van der Waals surface area contributed by atoms with E-state index in [-0.39, 0.29) is 0 Å². The van der Waals surface area contributed by atoms with E-state index in [4.69, 9.17) is 18.6 Å². The molecule has 0 fully saturated rings. The first-order valence-corrected chi connectivity index (χ1v) is 7.35. The van der Waals surface area contributed by atoms with Crippen LogP contribution in [0.2, 0.25) is 0 Å². The lowest BCUT2D eigenvalue weighted by atomic mass is 10.0. The van der Waals surface area contributed by atoms with E-state index < -0.39 is 10.2 Å². The summed E-state index contributed by atoms with van der Waals surface area (Å²) in [5.74, 6) is 0. The van der Waals surface area contributed by atoms with Crippen molar-refractivity contribution in [2.75, 3.05) is 0 Å². The van der Waals surface area contributed by atoms with Crippen molar-refractivity contribution in [3.8, 4) is 0 Å². The molecule has 1 aromatic rings. The van der Waals surface area contributed by atoms with Crippen LogP contribution in [0.15, 0.2) is 57.9 Å². The minimum absolute atomic E-state index is 1.03. The fraction of sp³-hybridized carbons (Fsp3) is 0.0769. The molecule has 0 spiro atoms. The van der Waals surface area contributed by atoms with Gasteiger partial charge in [0.15, 0.2) is 0 Å². The van der Waals surface area contributed by atoms with Crippen LogP contribution in [0.25, 0.3) is 0 Å². The first-order valence-electron chi connectivity index (χ1n) is 5.30. The minimum atomic E-state index is -4.94. The van der Waals surface area contributed by atoms with Crippen molar-refractivity contribution in [3.63, 3.8) is 0 Å². The van der Waals surface area contributed by atoms with Gasteiger partial charge in [-0.2, -0.15) is 0 Å². The summed E-state index contributed by atoms with van der Waals surface area (Å²) in [6.45, 7) is 0. The van der Waals surface area contributed by atoms with Gasteiger partial charge in [0.05, 0.1) is 6.08 Å². The standard InChI is InChI=1S/C13H9S.ClHO4/c1-3-7-12-10(5-1)9-11-6-2-4-8-13(11)14-12;2-1(3,4)5/h1-5,7-8H,9H2;(H,2,3,4,5)/q+1;/p-1. The number of hydrogen-bond acceptors (Lipinski definition) is 5. The first-order chi connectivity index (χ1) is 8.93. The van der Waals surface area contributed by atoms with Crippen LogP contribution < -0.4 is 18.6 Å². The van der Waals surface area contributed by atoms with E-state index in [2.05, 4.69) is 42.5 Å². The Morgan fingerprint density at radius 2 is 1.79 bits per heavy atom. The van der Waals surface area contributed by atoms with E-state index in [1.54, 1.807) is 0 Å². The molecule has 1 aromatic carbocycles. The molecule has 0 saturated carbocycles. The predicted molar refractivity (Wildman–Crippen MR) is 60.0 cm³/mol. The number of halogens is 1. The number of benzene rings is 1. The molecule has 1 aliphatic heterocycles. The van der Waals surface area contributed by atoms with E-state index >= 15 is 0 Å². The van der Waals surface area contributed by atoms with Crippen molar-refractivity contribution < 1.29 is 28.9 Å². The largest absolute Gasteiger partial charge is 0.222 e. The Kier molecular flexibility index (Phi) is 4.39. The van der Waals surface area contributed by atoms with Crippen LogP contribution in [-0.4, -0.2) is 0 Å². The van der Waals surface area contributed by atoms with Gasteiger partial charge in [0, 0.05) is 23.5 Å². The molecule has 0 N–H and O–H groups in total. The molecule has 1 aliphatic carbocycles. The van der Waals surface area contributed by atoms with Crippen molar-refractivity contribution >= 4 is 11.8 Å². The van der Waals surface area contributed by atoms with Gasteiger partial charge in [-0.3, -0.25) is 0 Å². The number of hydrogen-bond donors (Lipinski definition) is 0. The molecular weight excluding hydrogens is 288 g/mol. The topological polar surface area (TPSA) is 92.2 Å². The molecule has 0 aromatic heterocycles. The number of rotatable bonds is 0. The molecule has 4 nitrogen and oxygen atoms in total. The molecular formula is C13H9ClO4S. The summed E-state index contributed by atoms with van der Waals surface area (Å²) in [5, 5.41) is 0. The van der Waals surface area contributed by atoms with Crippen LogP contribution in [0.4, 0.5) is 0 Å². The lowest BCUT2D eigenvalue weighted by molar-refractivity contribution is -2.00. The SMILES string of the molecule is [C+]1=CC=CC2=C1Cc1ccccc1S2.[O-][Cl+3]([O-])([O-])[O-]. The maximum absolute atomic E-state index is 8.49. The summed E-state index contributed by atoms with van der Waals surface area (Å²) < 4.78 is 34.0. The molecule has 3 rings (SSSR count). The van der Waals surface area contributed by atoms with Crippen molar-refractivity contribution in [2.24, 2.45) is 0 Å². The van der Waals surface area contributed by atoms with Gasteiger partial charge >= 0.3 is 0 Å². The molecule has 0 radical (unpaired) electrons. The number of thioether (sulfide) groups is 1. The molecule has 0 amide bonds. The highest BCUT2D eigenvalue weighted by Gasteiger charge is 2.23. The molecule has 0 bridgehead atoms. The summed E-state index contributed by atoms with van der Waals surface area (Å²) in [6.07, 6.45) is 10.6. The van der Waals surface area contributed by atoms with E-state index in [1.165, 1.54) is 20.9 Å². The van der Waals surface area contributed by atoms with Gasteiger partial charge in [0.25, 0.3) is 0 Å². The van der Waals surface area contributed by atoms with Crippen LogP contribution in [0.1, 0.15) is 5.56 Å². The lowest BCUT2D eigenvalue weighted by Crippen LogP contribution is -2.68. The highest BCUT2D eigenvalue weighted by Crippen LogP contribution is 2.39. The van der Waals surface area contributed by atoms with Crippen molar-refractivity contribution in [2.45, 2.75) is 11.3 Å². The number of fused-ring (bicyclic) bond motifs is 1. The van der Waals surface area contributed by atoms with Crippen LogP contribution in [0.3, 0.4) is 0 Å². The zero-order chi connectivity index (χ0) is 13.9. The third kappa shape index (κ3) is 4.45. The van der Waals surface area contributed by atoms with Crippen LogP contribution in [0, 0.1) is 16.3 Å². The molecule has 0 atom stereocenters. The van der Waals surface area contributed by atoms with Crippen LogP contribution in [-0.2, 0) is 6.42 Å². The van der Waals surface area contributed by atoms with Gasteiger partial charge in [-0.25, -0.2) is 18.6 Å². The zero-order valence-corrected chi connectivity index (χ0v) is 11.2. The molecule has 0 saturated heterocycles. The fourth-order valence-corrected chi connectivity index (χ4v) is 2.80. The van der Waals surface area contributed by atoms with Gasteiger partial charge in [0.2, 0.25) is 0 Å². The van der Waals surface area contributed by atoms with E-state index in [0.717, 1.165) is 6.42 Å². The molecule has 2 aliphatic rings. The Bertz CT molecular complexity index is 509. The Morgan fingerprint density at radius 3 is 2.53 bits per heavy atom. The summed E-state index contributed by atoms with van der Waals surface area (Å²) in [5.41, 5.74) is 2.75. The highest BCUT2D eigenvalue weighted by atomic mass is 35.7. The maximum Gasteiger partial charge on any atom is 0.135 e. The zero-order valence-electron chi connectivity index (χ0n) is 9.67. The summed E-state index contributed by atoms with van der Waals surface area (Å²) in [7, 11) is -4.94. The second kappa shape index (κ2) is 5.86. The average Bonchev–Trinajstić information content (AvgIpc) is 2.34. The minimum Gasteiger partial charge on any atom is -0.222 e. The van der Waals surface area contributed by atoms with E-state index in [1.807, 2.05) is 17.8 Å². The maximum atomic E-state index is 8.49.